The molecule has 130 valence electrons. The number of amides is 1. The molecular formula is C16H16N4O4S. The lowest BCUT2D eigenvalue weighted by molar-refractivity contribution is -0.118. The Morgan fingerprint density at radius 1 is 1.24 bits per heavy atom. The summed E-state index contributed by atoms with van der Waals surface area (Å²) in [6, 6.07) is 7.07. The number of benzene rings is 1. The molecule has 0 fully saturated rings. The van der Waals surface area contributed by atoms with Crippen LogP contribution >= 0.6 is 11.3 Å². The van der Waals surface area contributed by atoms with E-state index >= 15 is 0 Å². The molecule has 0 saturated carbocycles. The minimum Gasteiger partial charge on any atom is -0.493 e. The Kier molecular flexibility index (Phi) is 4.94. The lowest BCUT2D eigenvalue weighted by Gasteiger charge is -2.09. The standard InChI is InChI=1S/C16H16N4O4S/c1-9-14(25-10(2)17-9)15-19-20-16(24-15)18-13(21)8-23-12-7-5-4-6-11(12)22-3/h4-7H,8H2,1-3H3,(H,18,20,21). The van der Waals surface area contributed by atoms with Crippen molar-refractivity contribution in [2.24, 2.45) is 0 Å². The van der Waals surface area contributed by atoms with Gasteiger partial charge in [-0.25, -0.2) is 4.98 Å². The summed E-state index contributed by atoms with van der Waals surface area (Å²) in [5.41, 5.74) is 0.809. The molecule has 1 aromatic carbocycles. The van der Waals surface area contributed by atoms with Gasteiger partial charge in [-0.15, -0.1) is 16.4 Å². The molecule has 0 atom stereocenters. The predicted molar refractivity (Wildman–Crippen MR) is 92.0 cm³/mol. The Balaban J connectivity index is 1.61. The molecule has 0 radical (unpaired) electrons. The molecule has 0 aliphatic heterocycles. The number of hydrogen-bond donors (Lipinski definition) is 1. The molecule has 2 heterocycles. The van der Waals surface area contributed by atoms with Crippen LogP contribution in [0.4, 0.5) is 6.01 Å². The number of carbonyl (C=O) groups is 1. The van der Waals surface area contributed by atoms with Crippen LogP contribution < -0.4 is 14.8 Å². The fraction of sp³-hybridized carbons (Fsp3) is 0.250. The second kappa shape index (κ2) is 7.31. The molecule has 0 saturated heterocycles. The Morgan fingerprint density at radius 3 is 2.68 bits per heavy atom. The molecule has 1 amide bonds. The maximum absolute atomic E-state index is 12.0. The van der Waals surface area contributed by atoms with Crippen molar-refractivity contribution in [3.05, 3.63) is 35.0 Å². The van der Waals surface area contributed by atoms with E-state index in [1.165, 1.54) is 18.4 Å². The highest BCUT2D eigenvalue weighted by Gasteiger charge is 2.16. The smallest absolute Gasteiger partial charge is 0.322 e. The maximum Gasteiger partial charge on any atom is 0.322 e. The third-order valence-electron chi connectivity index (χ3n) is 3.20. The van der Waals surface area contributed by atoms with Gasteiger partial charge in [-0.1, -0.05) is 17.2 Å². The number of rotatable bonds is 6. The molecule has 0 bridgehead atoms. The van der Waals surface area contributed by atoms with Crippen molar-refractivity contribution < 1.29 is 18.7 Å². The number of aromatic nitrogens is 3. The summed E-state index contributed by atoms with van der Waals surface area (Å²) in [5, 5.41) is 11.2. The second-order valence-electron chi connectivity index (χ2n) is 5.05. The minimum absolute atomic E-state index is 0.00841. The Bertz CT molecular complexity index is 890. The van der Waals surface area contributed by atoms with Gasteiger partial charge in [0.15, 0.2) is 18.1 Å². The molecule has 1 N–H and O–H groups in total. The van der Waals surface area contributed by atoms with Gasteiger partial charge in [0, 0.05) is 0 Å². The highest BCUT2D eigenvalue weighted by atomic mass is 32.1. The average molecular weight is 360 g/mol. The number of hydrogen-bond acceptors (Lipinski definition) is 8. The van der Waals surface area contributed by atoms with Crippen LogP contribution in [-0.4, -0.2) is 34.8 Å². The minimum atomic E-state index is -0.418. The number of nitrogens with one attached hydrogen (secondary N) is 1. The zero-order chi connectivity index (χ0) is 17.8. The monoisotopic (exact) mass is 360 g/mol. The summed E-state index contributed by atoms with van der Waals surface area (Å²) in [7, 11) is 1.53. The van der Waals surface area contributed by atoms with Gasteiger partial charge in [0.25, 0.3) is 11.8 Å². The number of para-hydroxylation sites is 2. The van der Waals surface area contributed by atoms with Gasteiger partial charge in [-0.2, -0.15) is 0 Å². The normalized spacial score (nSPS) is 10.5. The molecule has 0 unspecified atom stereocenters. The molecular weight excluding hydrogens is 344 g/mol. The molecule has 0 spiro atoms. The van der Waals surface area contributed by atoms with E-state index in [0.29, 0.717) is 17.4 Å². The first-order chi connectivity index (χ1) is 12.1. The van der Waals surface area contributed by atoms with E-state index in [9.17, 15) is 4.79 Å². The third kappa shape index (κ3) is 3.94. The number of anilines is 1. The molecule has 25 heavy (non-hydrogen) atoms. The Hall–Kier alpha value is -2.94. The van der Waals surface area contributed by atoms with E-state index in [1.54, 1.807) is 18.2 Å². The van der Waals surface area contributed by atoms with Gasteiger partial charge >= 0.3 is 6.01 Å². The lowest BCUT2D eigenvalue weighted by Crippen LogP contribution is -2.20. The van der Waals surface area contributed by atoms with Crippen LogP contribution in [0.5, 0.6) is 11.5 Å². The van der Waals surface area contributed by atoms with Crippen LogP contribution in [-0.2, 0) is 4.79 Å². The van der Waals surface area contributed by atoms with Crippen molar-refractivity contribution in [2.75, 3.05) is 19.0 Å². The van der Waals surface area contributed by atoms with E-state index in [1.807, 2.05) is 19.9 Å². The number of methoxy groups -OCH3 is 1. The lowest BCUT2D eigenvalue weighted by atomic mass is 10.3. The molecule has 3 rings (SSSR count). The fourth-order valence-corrected chi connectivity index (χ4v) is 2.97. The van der Waals surface area contributed by atoms with Gasteiger partial charge in [-0.05, 0) is 26.0 Å². The number of nitrogens with zero attached hydrogens (tertiary/aromatic N) is 3. The van der Waals surface area contributed by atoms with Gasteiger partial charge in [-0.3, -0.25) is 10.1 Å². The molecule has 3 aromatic rings. The Labute approximate surface area is 147 Å². The van der Waals surface area contributed by atoms with Gasteiger partial charge in [0.05, 0.1) is 17.8 Å². The van der Waals surface area contributed by atoms with Gasteiger partial charge in [0.2, 0.25) is 0 Å². The van der Waals surface area contributed by atoms with E-state index in [-0.39, 0.29) is 12.6 Å². The van der Waals surface area contributed by atoms with E-state index in [4.69, 9.17) is 13.9 Å². The number of ether oxygens (including phenoxy) is 2. The highest BCUT2D eigenvalue weighted by molar-refractivity contribution is 7.15. The highest BCUT2D eigenvalue weighted by Crippen LogP contribution is 2.29. The van der Waals surface area contributed by atoms with Crippen LogP contribution in [0.2, 0.25) is 0 Å². The van der Waals surface area contributed by atoms with Crippen molar-refractivity contribution >= 4 is 23.3 Å². The van der Waals surface area contributed by atoms with Crippen LogP contribution in [0.25, 0.3) is 10.8 Å². The topological polar surface area (TPSA) is 99.4 Å². The number of carbonyl (C=O) groups excluding carboxylic acids is 1. The molecule has 9 heteroatoms. The molecule has 8 nitrogen and oxygen atoms in total. The number of aryl methyl sites for hydroxylation is 2. The second-order valence-corrected chi connectivity index (χ2v) is 6.25. The zero-order valence-corrected chi connectivity index (χ0v) is 14.7. The predicted octanol–water partition coefficient (Wildman–Crippen LogP) is 2.84. The number of thiazole rings is 1. The largest absolute Gasteiger partial charge is 0.493 e. The van der Waals surface area contributed by atoms with Gasteiger partial charge < -0.3 is 13.9 Å². The maximum atomic E-state index is 12.0. The summed E-state index contributed by atoms with van der Waals surface area (Å²) in [5.74, 6) is 0.927. The molecule has 0 aliphatic rings. The van der Waals surface area contributed by atoms with Crippen molar-refractivity contribution in [1.82, 2.24) is 15.2 Å². The Morgan fingerprint density at radius 2 is 2.00 bits per heavy atom. The van der Waals surface area contributed by atoms with Gasteiger partial charge in [0.1, 0.15) is 4.88 Å². The first-order valence-corrected chi connectivity index (χ1v) is 8.22. The van der Waals surface area contributed by atoms with Crippen LogP contribution in [0, 0.1) is 13.8 Å². The first kappa shape index (κ1) is 16.9. The van der Waals surface area contributed by atoms with Crippen LogP contribution in [0.1, 0.15) is 10.7 Å². The third-order valence-corrected chi connectivity index (χ3v) is 4.26. The quantitative estimate of drug-likeness (QED) is 0.721. The van der Waals surface area contributed by atoms with Crippen molar-refractivity contribution in [3.8, 4) is 22.3 Å². The van der Waals surface area contributed by atoms with Crippen molar-refractivity contribution in [2.45, 2.75) is 13.8 Å². The molecule has 2 aromatic heterocycles. The van der Waals surface area contributed by atoms with Crippen LogP contribution in [0.3, 0.4) is 0 Å². The SMILES string of the molecule is COc1ccccc1OCC(=O)Nc1nnc(-c2sc(C)nc2C)o1. The average Bonchev–Trinajstić information content (AvgIpc) is 3.19. The zero-order valence-electron chi connectivity index (χ0n) is 13.9. The fourth-order valence-electron chi connectivity index (χ4n) is 2.13. The summed E-state index contributed by atoms with van der Waals surface area (Å²) in [6.45, 7) is 3.55. The van der Waals surface area contributed by atoms with Crippen molar-refractivity contribution in [3.63, 3.8) is 0 Å². The first-order valence-electron chi connectivity index (χ1n) is 7.40. The summed E-state index contributed by atoms with van der Waals surface area (Å²) in [6.07, 6.45) is 0. The van der Waals surface area contributed by atoms with E-state index in [0.717, 1.165) is 15.6 Å². The summed E-state index contributed by atoms with van der Waals surface area (Å²) < 4.78 is 16.1. The summed E-state index contributed by atoms with van der Waals surface area (Å²) in [4.78, 5) is 17.1. The molecule has 0 aliphatic carbocycles. The van der Waals surface area contributed by atoms with E-state index in [2.05, 4.69) is 20.5 Å². The van der Waals surface area contributed by atoms with E-state index < -0.39 is 5.91 Å². The van der Waals surface area contributed by atoms with Crippen molar-refractivity contribution in [1.29, 1.82) is 0 Å². The van der Waals surface area contributed by atoms with Crippen LogP contribution in [0.15, 0.2) is 28.7 Å². The summed E-state index contributed by atoms with van der Waals surface area (Å²) >= 11 is 1.45.